The molecule has 0 radical (unpaired) electrons. The second-order valence-corrected chi connectivity index (χ2v) is 9.43. The molecule has 0 atom stereocenters. The fourth-order valence-corrected chi connectivity index (χ4v) is 4.62. The number of carbonyl (C=O) groups is 1. The number of aryl methyl sites for hydroxylation is 2. The van der Waals surface area contributed by atoms with E-state index in [0.29, 0.717) is 33.6 Å². The second kappa shape index (κ2) is 11.7. The number of pyridine rings is 3. The van der Waals surface area contributed by atoms with Gasteiger partial charge in [-0.15, -0.1) is 0 Å². The number of hydrogen-bond donors (Lipinski definition) is 1. The summed E-state index contributed by atoms with van der Waals surface area (Å²) in [6.45, 7) is 2.42. The third-order valence-corrected chi connectivity index (χ3v) is 6.74. The molecule has 2 aromatic carbocycles. The predicted octanol–water partition coefficient (Wildman–Crippen LogP) is 6.38. The number of aromatic nitrogens is 3. The van der Waals surface area contributed by atoms with Crippen LogP contribution in [-0.4, -0.2) is 34.2 Å². The first-order chi connectivity index (χ1) is 20.2. The van der Waals surface area contributed by atoms with Gasteiger partial charge in [-0.3, -0.25) is 14.6 Å². The molecule has 0 spiro atoms. The van der Waals surface area contributed by atoms with Crippen molar-refractivity contribution in [3.63, 3.8) is 0 Å². The summed E-state index contributed by atoms with van der Waals surface area (Å²) in [6.07, 6.45) is 4.24. The SMILES string of the molecule is COc1cnc2c(Oc3ccc(NC(=O)c4cn(CCF)c(C)c(-c5ccc(F)cc5C)c4=O)cc3F)ccnc2c1. The molecule has 0 aliphatic carbocycles. The van der Waals surface area contributed by atoms with Gasteiger partial charge in [0.05, 0.1) is 25.4 Å². The predicted molar refractivity (Wildman–Crippen MR) is 152 cm³/mol. The lowest BCUT2D eigenvalue weighted by Gasteiger charge is -2.17. The fraction of sp³-hybridized carbons (Fsp3) is 0.161. The molecule has 0 saturated carbocycles. The fourth-order valence-electron chi connectivity index (χ4n) is 4.62. The molecular formula is C31H25F3N4O4. The number of benzene rings is 2. The van der Waals surface area contributed by atoms with Crippen LogP contribution in [-0.2, 0) is 6.54 Å². The van der Waals surface area contributed by atoms with Gasteiger partial charge in [-0.05, 0) is 49.2 Å². The number of nitrogens with zero attached hydrogens (tertiary/aromatic N) is 3. The molecule has 3 aromatic heterocycles. The van der Waals surface area contributed by atoms with Crippen LogP contribution in [0.15, 0.2) is 71.9 Å². The topological polar surface area (TPSA) is 95.3 Å². The van der Waals surface area contributed by atoms with Crippen LogP contribution < -0.4 is 20.2 Å². The molecule has 1 amide bonds. The van der Waals surface area contributed by atoms with Gasteiger partial charge in [-0.25, -0.2) is 18.2 Å². The molecule has 0 aliphatic rings. The number of carbonyl (C=O) groups excluding carboxylic acids is 1. The number of ether oxygens (including phenoxy) is 2. The van der Waals surface area contributed by atoms with Gasteiger partial charge >= 0.3 is 0 Å². The monoisotopic (exact) mass is 574 g/mol. The number of amides is 1. The van der Waals surface area contributed by atoms with Crippen molar-refractivity contribution < 1.29 is 27.4 Å². The van der Waals surface area contributed by atoms with E-state index in [0.717, 1.165) is 6.07 Å². The van der Waals surface area contributed by atoms with Crippen LogP contribution in [0.25, 0.3) is 22.2 Å². The van der Waals surface area contributed by atoms with Gasteiger partial charge in [0, 0.05) is 47.5 Å². The average molecular weight is 575 g/mol. The van der Waals surface area contributed by atoms with Crippen molar-refractivity contribution in [2.75, 3.05) is 19.1 Å². The summed E-state index contributed by atoms with van der Waals surface area (Å²) in [5, 5.41) is 2.53. The van der Waals surface area contributed by atoms with Crippen LogP contribution in [0, 0.1) is 25.5 Å². The Morgan fingerprint density at radius 2 is 1.83 bits per heavy atom. The van der Waals surface area contributed by atoms with Crippen molar-refractivity contribution in [2.45, 2.75) is 20.4 Å². The van der Waals surface area contributed by atoms with Gasteiger partial charge in [0.15, 0.2) is 17.3 Å². The van der Waals surface area contributed by atoms with Crippen molar-refractivity contribution in [2.24, 2.45) is 0 Å². The minimum atomic E-state index is -0.819. The average Bonchev–Trinajstić information content (AvgIpc) is 2.96. The first-order valence-corrected chi connectivity index (χ1v) is 12.8. The van der Waals surface area contributed by atoms with E-state index >= 15 is 4.39 Å². The van der Waals surface area contributed by atoms with Gasteiger partial charge in [-0.1, -0.05) is 6.07 Å². The number of rotatable bonds is 8. The van der Waals surface area contributed by atoms with Crippen LogP contribution in [0.2, 0.25) is 0 Å². The summed E-state index contributed by atoms with van der Waals surface area (Å²) < 4.78 is 54.6. The summed E-state index contributed by atoms with van der Waals surface area (Å²) in [5.74, 6) is -1.45. The van der Waals surface area contributed by atoms with Gasteiger partial charge in [0.25, 0.3) is 5.91 Å². The van der Waals surface area contributed by atoms with Crippen LogP contribution in [0.4, 0.5) is 18.9 Å². The van der Waals surface area contributed by atoms with E-state index < -0.39 is 29.6 Å². The van der Waals surface area contributed by atoms with Crippen LogP contribution in [0.1, 0.15) is 21.6 Å². The lowest BCUT2D eigenvalue weighted by molar-refractivity contribution is 0.102. The Morgan fingerprint density at radius 3 is 2.55 bits per heavy atom. The Labute approximate surface area is 238 Å². The molecule has 0 aliphatic heterocycles. The largest absolute Gasteiger partial charge is 0.495 e. The number of anilines is 1. The highest BCUT2D eigenvalue weighted by atomic mass is 19.1. The maximum Gasteiger partial charge on any atom is 0.261 e. The molecule has 0 saturated heterocycles. The van der Waals surface area contributed by atoms with Crippen molar-refractivity contribution in [1.82, 2.24) is 14.5 Å². The highest BCUT2D eigenvalue weighted by molar-refractivity contribution is 6.04. The van der Waals surface area contributed by atoms with Crippen LogP contribution in [0.5, 0.6) is 17.2 Å². The van der Waals surface area contributed by atoms with Gasteiger partial charge in [0.1, 0.15) is 29.3 Å². The molecule has 8 nitrogen and oxygen atoms in total. The smallest absolute Gasteiger partial charge is 0.261 e. The summed E-state index contributed by atoms with van der Waals surface area (Å²) in [7, 11) is 1.50. The van der Waals surface area contributed by atoms with Crippen molar-refractivity contribution in [3.05, 3.63) is 106 Å². The van der Waals surface area contributed by atoms with Gasteiger partial charge in [-0.2, -0.15) is 0 Å². The number of methoxy groups -OCH3 is 1. The van der Waals surface area contributed by atoms with E-state index in [9.17, 15) is 18.4 Å². The van der Waals surface area contributed by atoms with Gasteiger partial charge < -0.3 is 19.4 Å². The van der Waals surface area contributed by atoms with Crippen molar-refractivity contribution in [1.29, 1.82) is 0 Å². The third-order valence-electron chi connectivity index (χ3n) is 6.74. The zero-order valence-corrected chi connectivity index (χ0v) is 22.9. The van der Waals surface area contributed by atoms with E-state index in [1.165, 1.54) is 66.7 Å². The molecule has 0 bridgehead atoms. The van der Waals surface area contributed by atoms with E-state index in [-0.39, 0.29) is 34.9 Å². The molecule has 5 rings (SSSR count). The molecule has 42 heavy (non-hydrogen) atoms. The van der Waals surface area contributed by atoms with Crippen molar-refractivity contribution >= 4 is 22.6 Å². The number of hydrogen-bond acceptors (Lipinski definition) is 6. The summed E-state index contributed by atoms with van der Waals surface area (Å²) >= 11 is 0. The summed E-state index contributed by atoms with van der Waals surface area (Å²) in [6, 6.07) is 10.9. The zero-order valence-electron chi connectivity index (χ0n) is 22.9. The molecule has 11 heteroatoms. The van der Waals surface area contributed by atoms with Gasteiger partial charge in [0.2, 0.25) is 5.43 Å². The minimum Gasteiger partial charge on any atom is -0.495 e. The minimum absolute atomic E-state index is 0.0591. The Hall–Kier alpha value is -5.19. The van der Waals surface area contributed by atoms with Crippen molar-refractivity contribution in [3.8, 4) is 28.4 Å². The lowest BCUT2D eigenvalue weighted by Crippen LogP contribution is -2.26. The summed E-state index contributed by atoms with van der Waals surface area (Å²) in [5.41, 5.74) is 1.52. The quantitative estimate of drug-likeness (QED) is 0.231. The first-order valence-electron chi connectivity index (χ1n) is 12.8. The van der Waals surface area contributed by atoms with Crippen LogP contribution >= 0.6 is 0 Å². The maximum atomic E-state index is 15.1. The Bertz CT molecular complexity index is 1890. The van der Waals surface area contributed by atoms with E-state index in [4.69, 9.17) is 9.47 Å². The van der Waals surface area contributed by atoms with Crippen LogP contribution in [0.3, 0.4) is 0 Å². The normalized spacial score (nSPS) is 11.0. The second-order valence-electron chi connectivity index (χ2n) is 9.43. The number of nitrogens with one attached hydrogen (secondary N) is 1. The molecule has 1 N–H and O–H groups in total. The number of halogens is 3. The van der Waals surface area contributed by atoms with E-state index in [1.54, 1.807) is 19.9 Å². The highest BCUT2D eigenvalue weighted by Crippen LogP contribution is 2.32. The highest BCUT2D eigenvalue weighted by Gasteiger charge is 2.21. The Kier molecular flexibility index (Phi) is 7.92. The summed E-state index contributed by atoms with van der Waals surface area (Å²) in [4.78, 5) is 35.3. The molecular weight excluding hydrogens is 549 g/mol. The molecule has 214 valence electrons. The lowest BCUT2D eigenvalue weighted by atomic mass is 9.97. The molecule has 3 heterocycles. The molecule has 5 aromatic rings. The van der Waals surface area contributed by atoms with E-state index in [2.05, 4.69) is 15.3 Å². The number of alkyl halides is 1. The number of fused-ring (bicyclic) bond motifs is 1. The Balaban J connectivity index is 1.45. The van der Waals surface area contributed by atoms with E-state index in [1.807, 2.05) is 0 Å². The Morgan fingerprint density at radius 1 is 1.02 bits per heavy atom. The molecule has 0 unspecified atom stereocenters. The zero-order chi connectivity index (χ0) is 30.0. The maximum absolute atomic E-state index is 15.1. The first kappa shape index (κ1) is 28.3. The third kappa shape index (κ3) is 5.53. The standard InChI is InChI=1S/C31H25F3N4O4/c1-17-12-19(33)4-6-22(17)28-18(2)38(11-9-32)16-23(30(28)39)31(40)37-20-5-7-26(24(34)13-20)42-27-8-10-35-25-14-21(41-3)15-36-29(25)27/h4-8,10,12-16H,9,11H2,1-3H3,(H,37,40). The molecule has 0 fully saturated rings.